The first-order valence-electron chi connectivity index (χ1n) is 6.09. The van der Waals surface area contributed by atoms with Crippen molar-refractivity contribution >= 4 is 0 Å². The Morgan fingerprint density at radius 1 is 0.789 bits per heavy atom. The summed E-state index contributed by atoms with van der Waals surface area (Å²) < 4.78 is 1.98. The molecular weight excluding hydrogens is 232 g/mol. The van der Waals surface area contributed by atoms with Crippen molar-refractivity contribution in [3.63, 3.8) is 0 Å². The van der Waals surface area contributed by atoms with Gasteiger partial charge in [0.05, 0.1) is 0 Å². The summed E-state index contributed by atoms with van der Waals surface area (Å²) in [6.45, 7) is 0. The molecule has 2 aromatic carbocycles. The van der Waals surface area contributed by atoms with Crippen molar-refractivity contribution in [3.8, 4) is 17.5 Å². The molecule has 0 aliphatic rings. The molecule has 3 aromatic rings. The predicted molar refractivity (Wildman–Crippen MR) is 76.0 cm³/mol. The molecule has 0 aliphatic carbocycles. The predicted octanol–water partition coefficient (Wildman–Crippen LogP) is 3.27. The van der Waals surface area contributed by atoms with Gasteiger partial charge >= 0.3 is 0 Å². The molecule has 2 heteroatoms. The molecule has 90 valence electrons. The van der Waals surface area contributed by atoms with E-state index in [1.165, 1.54) is 0 Å². The maximum absolute atomic E-state index is 4.30. The van der Waals surface area contributed by atoms with Crippen molar-refractivity contribution in [1.82, 2.24) is 9.55 Å². The molecule has 1 aromatic heterocycles. The summed E-state index contributed by atoms with van der Waals surface area (Å²) in [7, 11) is 0. The van der Waals surface area contributed by atoms with E-state index in [0.717, 1.165) is 17.1 Å². The van der Waals surface area contributed by atoms with E-state index in [-0.39, 0.29) is 0 Å². The molecule has 19 heavy (non-hydrogen) atoms. The molecule has 2 nitrogen and oxygen atoms in total. The highest BCUT2D eigenvalue weighted by atomic mass is 15.1. The number of para-hydroxylation sites is 1. The molecule has 0 saturated carbocycles. The van der Waals surface area contributed by atoms with E-state index < -0.39 is 0 Å². The zero-order valence-corrected chi connectivity index (χ0v) is 10.3. The van der Waals surface area contributed by atoms with Crippen LogP contribution in [0.4, 0.5) is 0 Å². The lowest BCUT2D eigenvalue weighted by molar-refractivity contribution is 1.03. The molecule has 0 aliphatic heterocycles. The van der Waals surface area contributed by atoms with Gasteiger partial charge in [-0.2, -0.15) is 0 Å². The van der Waals surface area contributed by atoms with Gasteiger partial charge in [0.15, 0.2) is 5.82 Å². The first kappa shape index (κ1) is 11.3. The average molecular weight is 244 g/mol. The fourth-order valence-corrected chi connectivity index (χ4v) is 1.84. The summed E-state index contributed by atoms with van der Waals surface area (Å²) >= 11 is 0. The third-order valence-electron chi connectivity index (χ3n) is 2.77. The second-order valence-corrected chi connectivity index (χ2v) is 4.07. The number of rotatable bonds is 1. The van der Waals surface area contributed by atoms with Gasteiger partial charge in [-0.15, -0.1) is 0 Å². The lowest BCUT2D eigenvalue weighted by atomic mass is 10.2. The van der Waals surface area contributed by atoms with Crippen LogP contribution in [0.5, 0.6) is 0 Å². The summed E-state index contributed by atoms with van der Waals surface area (Å²) in [5.74, 6) is 6.98. The summed E-state index contributed by atoms with van der Waals surface area (Å²) in [6.07, 6.45) is 3.69. The average Bonchev–Trinajstić information content (AvgIpc) is 2.95. The Balaban J connectivity index is 1.96. The van der Waals surface area contributed by atoms with Crippen LogP contribution in [-0.2, 0) is 0 Å². The largest absolute Gasteiger partial charge is 0.293 e. The van der Waals surface area contributed by atoms with Crippen LogP contribution in [0, 0.1) is 11.8 Å². The fraction of sp³-hybridized carbons (Fsp3) is 0. The van der Waals surface area contributed by atoms with Crippen LogP contribution >= 0.6 is 0 Å². The molecular formula is C17H12N2. The highest BCUT2D eigenvalue weighted by Crippen LogP contribution is 2.09. The quantitative estimate of drug-likeness (QED) is 0.601. The monoisotopic (exact) mass is 244 g/mol. The Kier molecular flexibility index (Phi) is 3.12. The second kappa shape index (κ2) is 5.24. The van der Waals surface area contributed by atoms with Gasteiger partial charge in [0.25, 0.3) is 0 Å². The van der Waals surface area contributed by atoms with E-state index in [9.17, 15) is 0 Å². The number of aromatic nitrogens is 2. The van der Waals surface area contributed by atoms with Gasteiger partial charge in [-0.05, 0) is 30.2 Å². The van der Waals surface area contributed by atoms with Crippen molar-refractivity contribution < 1.29 is 0 Å². The van der Waals surface area contributed by atoms with E-state index in [0.29, 0.717) is 0 Å². The van der Waals surface area contributed by atoms with Crippen LogP contribution in [0.15, 0.2) is 73.1 Å². The summed E-state index contributed by atoms with van der Waals surface area (Å²) in [5.41, 5.74) is 2.06. The summed E-state index contributed by atoms with van der Waals surface area (Å²) in [6, 6.07) is 20.0. The van der Waals surface area contributed by atoms with Crippen LogP contribution in [0.1, 0.15) is 11.4 Å². The van der Waals surface area contributed by atoms with Gasteiger partial charge in [0.1, 0.15) is 0 Å². The standard InChI is InChI=1S/C17H12N2/c1-3-7-15(8-4-1)11-12-17-18-13-14-19(17)16-9-5-2-6-10-16/h1-10,13-14H. The number of nitrogens with zero attached hydrogens (tertiary/aromatic N) is 2. The first-order chi connectivity index (χ1) is 9.43. The maximum Gasteiger partial charge on any atom is 0.190 e. The molecule has 0 amide bonds. The van der Waals surface area contributed by atoms with E-state index in [1.54, 1.807) is 6.20 Å². The Labute approximate surface area is 112 Å². The van der Waals surface area contributed by atoms with Crippen LogP contribution in [-0.4, -0.2) is 9.55 Å². The molecule has 0 spiro atoms. The van der Waals surface area contributed by atoms with Crippen LogP contribution < -0.4 is 0 Å². The van der Waals surface area contributed by atoms with Crippen molar-refractivity contribution in [2.45, 2.75) is 0 Å². The normalized spacial score (nSPS) is 9.68. The molecule has 1 heterocycles. The maximum atomic E-state index is 4.30. The van der Waals surface area contributed by atoms with Crippen LogP contribution in [0.3, 0.4) is 0 Å². The smallest absolute Gasteiger partial charge is 0.190 e. The Morgan fingerprint density at radius 2 is 1.47 bits per heavy atom. The molecule has 3 rings (SSSR count). The second-order valence-electron chi connectivity index (χ2n) is 4.07. The Hall–Kier alpha value is -2.79. The third kappa shape index (κ3) is 2.56. The van der Waals surface area contributed by atoms with Crippen molar-refractivity contribution in [2.24, 2.45) is 0 Å². The minimum Gasteiger partial charge on any atom is -0.293 e. The van der Waals surface area contributed by atoms with E-state index >= 15 is 0 Å². The zero-order chi connectivity index (χ0) is 12.9. The molecule has 0 fully saturated rings. The Bertz CT molecular complexity index is 716. The molecule has 0 N–H and O–H groups in total. The van der Waals surface area contributed by atoms with Crippen molar-refractivity contribution in [2.75, 3.05) is 0 Å². The highest BCUT2D eigenvalue weighted by molar-refractivity contribution is 5.42. The summed E-state index contributed by atoms with van der Waals surface area (Å²) in [4.78, 5) is 4.30. The number of hydrogen-bond acceptors (Lipinski definition) is 1. The van der Waals surface area contributed by atoms with Gasteiger partial charge < -0.3 is 0 Å². The van der Waals surface area contributed by atoms with Crippen molar-refractivity contribution in [1.29, 1.82) is 0 Å². The Morgan fingerprint density at radius 3 is 2.21 bits per heavy atom. The van der Waals surface area contributed by atoms with Gasteiger partial charge in [0.2, 0.25) is 0 Å². The van der Waals surface area contributed by atoms with Gasteiger partial charge in [-0.1, -0.05) is 42.3 Å². The van der Waals surface area contributed by atoms with Gasteiger partial charge in [-0.3, -0.25) is 4.57 Å². The van der Waals surface area contributed by atoms with Crippen molar-refractivity contribution in [3.05, 3.63) is 84.4 Å². The van der Waals surface area contributed by atoms with E-state index in [1.807, 2.05) is 71.4 Å². The van der Waals surface area contributed by atoms with Crippen LogP contribution in [0.25, 0.3) is 5.69 Å². The van der Waals surface area contributed by atoms with Crippen LogP contribution in [0.2, 0.25) is 0 Å². The topological polar surface area (TPSA) is 17.8 Å². The number of benzene rings is 2. The lowest BCUT2D eigenvalue weighted by Gasteiger charge is -2.02. The van der Waals surface area contributed by atoms with Gasteiger partial charge in [0, 0.05) is 23.6 Å². The minimum atomic E-state index is 0.745. The third-order valence-corrected chi connectivity index (χ3v) is 2.77. The number of hydrogen-bond donors (Lipinski definition) is 0. The highest BCUT2D eigenvalue weighted by Gasteiger charge is 2.00. The van der Waals surface area contributed by atoms with E-state index in [2.05, 4.69) is 16.8 Å². The zero-order valence-electron chi connectivity index (χ0n) is 10.3. The molecule has 0 atom stereocenters. The fourth-order valence-electron chi connectivity index (χ4n) is 1.84. The SMILES string of the molecule is C(#Cc1nccn1-c1ccccc1)c1ccccc1. The molecule has 0 unspecified atom stereocenters. The van der Waals surface area contributed by atoms with E-state index in [4.69, 9.17) is 0 Å². The molecule has 0 radical (unpaired) electrons. The molecule has 0 bridgehead atoms. The summed E-state index contributed by atoms with van der Waals surface area (Å²) in [5, 5.41) is 0. The molecule has 0 saturated heterocycles. The van der Waals surface area contributed by atoms with Gasteiger partial charge in [-0.25, -0.2) is 4.98 Å². The number of imidazole rings is 1. The lowest BCUT2D eigenvalue weighted by Crippen LogP contribution is -1.95. The first-order valence-corrected chi connectivity index (χ1v) is 6.09. The minimum absolute atomic E-state index is 0.745.